The van der Waals surface area contributed by atoms with E-state index in [1.165, 1.54) is 38.5 Å². The second-order valence-electron chi connectivity index (χ2n) is 24.9. The van der Waals surface area contributed by atoms with Crippen LogP contribution >= 0.6 is 0 Å². The van der Waals surface area contributed by atoms with Crippen molar-refractivity contribution >= 4 is 54.7 Å². The Morgan fingerprint density at radius 2 is 0.522 bits per heavy atom. The zero-order chi connectivity index (χ0) is 63.8. The average molecular weight is 1220 g/mol. The highest BCUT2D eigenvalue weighted by Crippen LogP contribution is 2.52. The van der Waals surface area contributed by atoms with E-state index in [1.807, 2.05) is 48.5 Å². The van der Waals surface area contributed by atoms with Crippen LogP contribution in [0, 0.1) is 0 Å². The number of ether oxygens (including phenoxy) is 4. The summed E-state index contributed by atoms with van der Waals surface area (Å²) >= 11 is 0. The molecule has 11 aromatic rings. The maximum atomic E-state index is 12.4. The summed E-state index contributed by atoms with van der Waals surface area (Å²) in [5.74, 6) is 3.18. The summed E-state index contributed by atoms with van der Waals surface area (Å²) in [5, 5.41) is 9.15. The highest BCUT2D eigenvalue weighted by Gasteiger charge is 2.25. The molecule has 0 fully saturated rings. The molecule has 0 unspecified atom stereocenters. The van der Waals surface area contributed by atoms with Gasteiger partial charge in [-0.1, -0.05) is 262 Å². The van der Waals surface area contributed by atoms with Crippen LogP contribution in [-0.4, -0.2) is 38.0 Å². The van der Waals surface area contributed by atoms with Crippen molar-refractivity contribution < 1.29 is 28.5 Å². The average Bonchev–Trinajstić information content (AvgIpc) is 0.711. The van der Waals surface area contributed by atoms with E-state index in [2.05, 4.69) is 173 Å². The number of unbranched alkanes of at least 4 members (excludes halogenated alkanes) is 12. The van der Waals surface area contributed by atoms with Crippen LogP contribution in [-0.2, 0) is 0 Å². The molecule has 11 rings (SSSR count). The summed E-state index contributed by atoms with van der Waals surface area (Å²) in [4.78, 5) is 24.8. The number of benzene rings is 11. The Labute approximate surface area is 545 Å². The molecule has 0 radical (unpaired) electrons. The molecule has 6 heteroatoms. The molecule has 0 saturated heterocycles. The number of ketones is 2. The van der Waals surface area contributed by atoms with Gasteiger partial charge in [-0.3, -0.25) is 9.59 Å². The van der Waals surface area contributed by atoms with Crippen LogP contribution < -0.4 is 18.9 Å². The lowest BCUT2D eigenvalue weighted by atomic mass is 9.80. The van der Waals surface area contributed by atoms with Gasteiger partial charge in [0.25, 0.3) is 0 Å². The van der Waals surface area contributed by atoms with Gasteiger partial charge in [0.2, 0.25) is 0 Å². The van der Waals surface area contributed by atoms with Crippen molar-refractivity contribution in [3.05, 3.63) is 205 Å². The molecular formula is C86H90O6. The van der Waals surface area contributed by atoms with E-state index >= 15 is 0 Å². The topological polar surface area (TPSA) is 71.1 Å². The first-order valence-corrected chi connectivity index (χ1v) is 34.3. The van der Waals surface area contributed by atoms with Gasteiger partial charge in [0.05, 0.1) is 26.4 Å². The fraction of sp³-hybridized carbons (Fsp3) is 0.302. The zero-order valence-electron chi connectivity index (χ0n) is 55.1. The minimum Gasteiger partial charge on any atom is -0.490 e. The molecule has 0 aliphatic carbocycles. The highest BCUT2D eigenvalue weighted by atomic mass is 16.5. The minimum absolute atomic E-state index is 0.0484. The molecule has 92 heavy (non-hydrogen) atoms. The van der Waals surface area contributed by atoms with E-state index in [1.54, 1.807) is 13.8 Å². The molecule has 0 bridgehead atoms. The van der Waals surface area contributed by atoms with Crippen LogP contribution in [0.3, 0.4) is 0 Å². The van der Waals surface area contributed by atoms with Crippen LogP contribution in [0.15, 0.2) is 194 Å². The largest absolute Gasteiger partial charge is 0.490 e. The summed E-state index contributed by atoms with van der Waals surface area (Å²) < 4.78 is 27.0. The maximum absolute atomic E-state index is 12.4. The molecule has 6 nitrogen and oxygen atoms in total. The quantitative estimate of drug-likeness (QED) is 0.0181. The number of hydrogen-bond acceptors (Lipinski definition) is 6. The predicted octanol–water partition coefficient (Wildman–Crippen LogP) is 24.5. The molecule has 11 aromatic carbocycles. The Hall–Kier alpha value is -9.00. The summed E-state index contributed by atoms with van der Waals surface area (Å²) in [6.45, 7) is 14.7. The molecule has 0 heterocycles. The van der Waals surface area contributed by atoms with E-state index in [4.69, 9.17) is 18.9 Å². The summed E-state index contributed by atoms with van der Waals surface area (Å²) in [6, 6.07) is 69.9. The van der Waals surface area contributed by atoms with Crippen molar-refractivity contribution in [1.29, 1.82) is 0 Å². The third kappa shape index (κ3) is 14.8. The van der Waals surface area contributed by atoms with Crippen LogP contribution in [0.4, 0.5) is 0 Å². The number of hydrogen-bond donors (Lipinski definition) is 0. The van der Waals surface area contributed by atoms with Gasteiger partial charge < -0.3 is 18.9 Å². The van der Waals surface area contributed by atoms with Gasteiger partial charge in [-0.2, -0.15) is 0 Å². The van der Waals surface area contributed by atoms with Crippen molar-refractivity contribution in [2.75, 3.05) is 26.4 Å². The molecule has 0 spiro atoms. The molecular weight excluding hydrogens is 1130 g/mol. The lowest BCUT2D eigenvalue weighted by molar-refractivity contribution is 0.100. The lowest BCUT2D eigenvalue weighted by Gasteiger charge is -2.23. The first kappa shape index (κ1) is 64.5. The second kappa shape index (κ2) is 31.4. The van der Waals surface area contributed by atoms with Crippen molar-refractivity contribution in [3.8, 4) is 89.8 Å². The van der Waals surface area contributed by atoms with E-state index in [-0.39, 0.29) is 11.6 Å². The number of Topliss-reactive ketones (excluding diaryl/α,β-unsaturated/α-hetero) is 2. The lowest BCUT2D eigenvalue weighted by Crippen LogP contribution is -2.03. The van der Waals surface area contributed by atoms with E-state index in [9.17, 15) is 9.59 Å². The summed E-state index contributed by atoms with van der Waals surface area (Å²) in [6.07, 6.45) is 17.7. The van der Waals surface area contributed by atoms with Crippen LogP contribution in [0.1, 0.15) is 165 Å². The van der Waals surface area contributed by atoms with Crippen molar-refractivity contribution in [3.63, 3.8) is 0 Å². The van der Waals surface area contributed by atoms with Gasteiger partial charge >= 0.3 is 0 Å². The first-order valence-electron chi connectivity index (χ1n) is 34.3. The molecule has 0 atom stereocenters. The van der Waals surface area contributed by atoms with Crippen molar-refractivity contribution in [1.82, 2.24) is 0 Å². The Morgan fingerprint density at radius 3 is 0.848 bits per heavy atom. The zero-order valence-corrected chi connectivity index (χ0v) is 55.1. The van der Waals surface area contributed by atoms with Crippen molar-refractivity contribution in [2.45, 2.75) is 144 Å². The number of rotatable bonds is 32. The van der Waals surface area contributed by atoms with Crippen LogP contribution in [0.2, 0.25) is 0 Å². The van der Waals surface area contributed by atoms with Gasteiger partial charge in [-0.15, -0.1) is 0 Å². The number of carbonyl (C=O) groups excluding carboxylic acids is 2. The Morgan fingerprint density at radius 1 is 0.250 bits per heavy atom. The standard InChI is InChI=1S/C86H90O6/c1-7-11-15-23-51-89-79-49-47-69(55-81(79)91-53-25-17-13-9-3)85-73-29-21-19-27-71(73)75-57-76-72-28-20-22-30-74(72)86(70-48-50-80(90-52-24-16-12-8-2)82(56-70)92-54-26-18-14-10-4)84(68-45-41-66(42-46-68)64-37-33-62(34-38-64)60(6)88)78(76)58-77(75)83(85)67-43-39-65(40-44-67)63-35-31-61(32-36-63)59(5)87/h19-22,27-50,55-58H,7-18,23-26,51-54H2,1-6H3. The van der Waals surface area contributed by atoms with Gasteiger partial charge in [0.1, 0.15) is 0 Å². The second-order valence-corrected chi connectivity index (χ2v) is 24.9. The molecule has 0 N–H and O–H groups in total. The molecule has 0 aliphatic rings. The van der Waals surface area contributed by atoms with E-state index < -0.39 is 0 Å². The van der Waals surface area contributed by atoms with Crippen molar-refractivity contribution in [2.24, 2.45) is 0 Å². The molecule has 0 aliphatic heterocycles. The minimum atomic E-state index is 0.0484. The van der Waals surface area contributed by atoms with Gasteiger partial charge in [-0.05, 0) is 186 Å². The van der Waals surface area contributed by atoms with Gasteiger partial charge in [0.15, 0.2) is 34.6 Å². The van der Waals surface area contributed by atoms with E-state index in [0.29, 0.717) is 37.6 Å². The fourth-order valence-corrected chi connectivity index (χ4v) is 13.2. The Kier molecular flexibility index (Phi) is 22.0. The number of fused-ring (bicyclic) bond motifs is 6. The third-order valence-corrected chi connectivity index (χ3v) is 18.3. The van der Waals surface area contributed by atoms with Crippen LogP contribution in [0.25, 0.3) is 110 Å². The van der Waals surface area contributed by atoms with Gasteiger partial charge in [0, 0.05) is 11.1 Å². The number of carbonyl (C=O) groups is 2. The fourth-order valence-electron chi connectivity index (χ4n) is 13.2. The third-order valence-electron chi connectivity index (χ3n) is 18.3. The van der Waals surface area contributed by atoms with E-state index in [0.717, 1.165) is 197 Å². The molecule has 0 amide bonds. The highest BCUT2D eigenvalue weighted by molar-refractivity contribution is 6.29. The SMILES string of the molecule is CCCCCCOc1ccc(-c2c(-c3ccc(-c4ccc(C(C)=O)cc4)cc3)c3cc4c(-c5ccc(-c6ccc(C(C)=O)cc6)cc5)c(-c5ccc(OCCCCCC)c(OCCCCCC)c5)c5ccccc5c4cc3c3ccccc23)cc1OCCCCCC. The predicted molar refractivity (Wildman–Crippen MR) is 388 cm³/mol. The van der Waals surface area contributed by atoms with Crippen LogP contribution in [0.5, 0.6) is 23.0 Å². The first-order chi connectivity index (χ1) is 45.2. The normalized spacial score (nSPS) is 11.5. The monoisotopic (exact) mass is 1220 g/mol. The maximum Gasteiger partial charge on any atom is 0.161 e. The Balaban J connectivity index is 1.20. The Bertz CT molecular complexity index is 4030. The van der Waals surface area contributed by atoms with Gasteiger partial charge in [-0.25, -0.2) is 0 Å². The molecule has 0 saturated carbocycles. The molecule has 0 aromatic heterocycles. The smallest absolute Gasteiger partial charge is 0.161 e. The summed E-state index contributed by atoms with van der Waals surface area (Å²) in [5.41, 5.74) is 14.3. The summed E-state index contributed by atoms with van der Waals surface area (Å²) in [7, 11) is 0. The molecule has 470 valence electrons.